The summed E-state index contributed by atoms with van der Waals surface area (Å²) in [5, 5.41) is 7.50. The summed E-state index contributed by atoms with van der Waals surface area (Å²) in [5.74, 6) is 0. The van der Waals surface area contributed by atoms with E-state index in [2.05, 4.69) is 217 Å². The Morgan fingerprint density at radius 2 is 1.11 bits per heavy atom. The smallest absolute Gasteiger partial charge is 0.0561 e. The summed E-state index contributed by atoms with van der Waals surface area (Å²) in [7, 11) is 0. The zero-order valence-electron chi connectivity index (χ0n) is 30.9. The molecule has 2 heteroatoms. The standard InChI is InChI=1S/C53H38N2/c1-53(2)47-20-10-8-18-43(47)46-31-26-38-17-12-22-49(51(38)52(46)53)54(40-27-23-37(24-28-40)35-13-4-3-5-14-35)42-30-32-45-44-19-9-11-21-48(44)55(50(45)34-42)41-29-25-36-15-6-7-16-39(36)33-41/h3-34H,1-2H3. The highest BCUT2D eigenvalue weighted by Gasteiger charge is 2.38. The second kappa shape index (κ2) is 12.1. The number of rotatable bonds is 5. The van der Waals surface area contributed by atoms with E-state index < -0.39 is 0 Å². The lowest BCUT2D eigenvalue weighted by Gasteiger charge is -2.30. The fourth-order valence-electron chi connectivity index (χ4n) is 9.37. The SMILES string of the molecule is CC1(C)c2ccccc2-c2ccc3cccc(N(c4ccc(-c5ccccc5)cc4)c4ccc5c6ccccc6n(-c6ccc7ccccc7c6)c5c4)c3c21. The van der Waals surface area contributed by atoms with E-state index in [-0.39, 0.29) is 5.41 Å². The first-order chi connectivity index (χ1) is 27.0. The maximum Gasteiger partial charge on any atom is 0.0561 e. The molecule has 0 saturated carbocycles. The fourth-order valence-corrected chi connectivity index (χ4v) is 9.37. The van der Waals surface area contributed by atoms with E-state index in [0.29, 0.717) is 0 Å². The largest absolute Gasteiger partial charge is 0.310 e. The molecule has 11 rings (SSSR count). The Balaban J connectivity index is 1.19. The normalized spacial score (nSPS) is 13.1. The molecular weight excluding hydrogens is 665 g/mol. The number of hydrogen-bond donors (Lipinski definition) is 0. The number of nitrogens with zero attached hydrogens (tertiary/aromatic N) is 2. The maximum absolute atomic E-state index is 2.48. The van der Waals surface area contributed by atoms with Crippen molar-refractivity contribution < 1.29 is 0 Å². The minimum Gasteiger partial charge on any atom is -0.310 e. The molecule has 1 aliphatic rings. The molecule has 10 aromatic rings. The molecule has 9 aromatic carbocycles. The Kier molecular flexibility index (Phi) is 6.93. The molecule has 0 fully saturated rings. The van der Waals surface area contributed by atoms with Crippen LogP contribution in [0.25, 0.3) is 71.3 Å². The third kappa shape index (κ3) is 4.81. The summed E-state index contributed by atoms with van der Waals surface area (Å²) in [6, 6.07) is 71.4. The molecule has 0 atom stereocenters. The van der Waals surface area contributed by atoms with Crippen LogP contribution in [0.2, 0.25) is 0 Å². The van der Waals surface area contributed by atoms with Crippen LogP contribution in [0.1, 0.15) is 25.0 Å². The van der Waals surface area contributed by atoms with Crippen molar-refractivity contribution >= 4 is 60.4 Å². The molecule has 260 valence electrons. The van der Waals surface area contributed by atoms with E-state index in [1.54, 1.807) is 0 Å². The molecule has 1 aromatic heterocycles. The number of anilines is 3. The molecule has 1 heterocycles. The average molecular weight is 703 g/mol. The molecular formula is C53H38N2. The lowest BCUT2D eigenvalue weighted by molar-refractivity contribution is 0.666. The molecule has 0 saturated heterocycles. The van der Waals surface area contributed by atoms with Gasteiger partial charge in [-0.3, -0.25) is 0 Å². The van der Waals surface area contributed by atoms with E-state index in [9.17, 15) is 0 Å². The summed E-state index contributed by atoms with van der Waals surface area (Å²) < 4.78 is 2.44. The van der Waals surface area contributed by atoms with Gasteiger partial charge in [-0.15, -0.1) is 0 Å². The Hall–Kier alpha value is -6.90. The van der Waals surface area contributed by atoms with Crippen molar-refractivity contribution in [2.24, 2.45) is 0 Å². The van der Waals surface area contributed by atoms with Crippen molar-refractivity contribution in [1.82, 2.24) is 4.57 Å². The number of para-hydroxylation sites is 1. The highest BCUT2D eigenvalue weighted by Crippen LogP contribution is 2.54. The second-order valence-electron chi connectivity index (χ2n) is 15.4. The number of hydrogen-bond acceptors (Lipinski definition) is 1. The van der Waals surface area contributed by atoms with Gasteiger partial charge in [-0.05, 0) is 98.1 Å². The lowest BCUT2D eigenvalue weighted by Crippen LogP contribution is -2.17. The van der Waals surface area contributed by atoms with Gasteiger partial charge in [-0.25, -0.2) is 0 Å². The average Bonchev–Trinajstić information content (AvgIpc) is 3.69. The molecule has 0 N–H and O–H groups in total. The van der Waals surface area contributed by atoms with Gasteiger partial charge in [-0.1, -0.05) is 159 Å². The van der Waals surface area contributed by atoms with Crippen LogP contribution in [0.15, 0.2) is 194 Å². The molecule has 0 radical (unpaired) electrons. The molecule has 2 nitrogen and oxygen atoms in total. The minimum absolute atomic E-state index is 0.170. The predicted octanol–water partition coefficient (Wildman–Crippen LogP) is 14.5. The Morgan fingerprint density at radius 3 is 1.98 bits per heavy atom. The van der Waals surface area contributed by atoms with Crippen LogP contribution in [0, 0.1) is 0 Å². The molecule has 1 aliphatic carbocycles. The highest BCUT2D eigenvalue weighted by molar-refractivity contribution is 6.12. The summed E-state index contributed by atoms with van der Waals surface area (Å²) in [6.07, 6.45) is 0. The third-order valence-corrected chi connectivity index (χ3v) is 11.9. The van der Waals surface area contributed by atoms with E-state index >= 15 is 0 Å². The zero-order valence-corrected chi connectivity index (χ0v) is 30.9. The quantitative estimate of drug-likeness (QED) is 0.173. The molecule has 0 aliphatic heterocycles. The summed E-state index contributed by atoms with van der Waals surface area (Å²) >= 11 is 0. The van der Waals surface area contributed by atoms with E-state index in [1.165, 1.54) is 82.4 Å². The summed E-state index contributed by atoms with van der Waals surface area (Å²) in [6.45, 7) is 4.78. The first-order valence-corrected chi connectivity index (χ1v) is 19.2. The lowest BCUT2D eigenvalue weighted by atomic mass is 9.79. The van der Waals surface area contributed by atoms with E-state index in [0.717, 1.165) is 17.1 Å². The predicted molar refractivity (Wildman–Crippen MR) is 233 cm³/mol. The van der Waals surface area contributed by atoms with Crippen molar-refractivity contribution in [3.8, 4) is 27.9 Å². The molecule has 55 heavy (non-hydrogen) atoms. The van der Waals surface area contributed by atoms with Crippen LogP contribution >= 0.6 is 0 Å². The first kappa shape index (κ1) is 31.6. The fraction of sp³-hybridized carbons (Fsp3) is 0.0566. The monoisotopic (exact) mass is 702 g/mol. The van der Waals surface area contributed by atoms with Gasteiger partial charge in [0.05, 0.1) is 16.7 Å². The maximum atomic E-state index is 2.48. The first-order valence-electron chi connectivity index (χ1n) is 19.2. The van der Waals surface area contributed by atoms with Crippen LogP contribution in [0.3, 0.4) is 0 Å². The number of benzene rings is 9. The molecule has 0 amide bonds. The van der Waals surface area contributed by atoms with Crippen molar-refractivity contribution in [1.29, 1.82) is 0 Å². The van der Waals surface area contributed by atoms with Gasteiger partial charge >= 0.3 is 0 Å². The van der Waals surface area contributed by atoms with Gasteiger partial charge in [0.15, 0.2) is 0 Å². The highest BCUT2D eigenvalue weighted by atomic mass is 15.1. The van der Waals surface area contributed by atoms with Crippen molar-refractivity contribution in [2.75, 3.05) is 4.90 Å². The zero-order chi connectivity index (χ0) is 36.7. The van der Waals surface area contributed by atoms with Crippen LogP contribution < -0.4 is 4.90 Å². The Labute approximate surface area is 321 Å². The van der Waals surface area contributed by atoms with Gasteiger partial charge < -0.3 is 9.47 Å². The summed E-state index contributed by atoms with van der Waals surface area (Å²) in [5.41, 5.74) is 14.6. The molecule has 0 spiro atoms. The topological polar surface area (TPSA) is 8.17 Å². The Bertz CT molecular complexity index is 3110. The van der Waals surface area contributed by atoms with Gasteiger partial charge in [0, 0.05) is 38.6 Å². The van der Waals surface area contributed by atoms with Crippen molar-refractivity contribution in [3.63, 3.8) is 0 Å². The minimum atomic E-state index is -0.170. The van der Waals surface area contributed by atoms with Gasteiger partial charge in [0.1, 0.15) is 0 Å². The third-order valence-electron chi connectivity index (χ3n) is 11.9. The van der Waals surface area contributed by atoms with Crippen LogP contribution in [-0.4, -0.2) is 4.57 Å². The van der Waals surface area contributed by atoms with Crippen LogP contribution in [0.5, 0.6) is 0 Å². The van der Waals surface area contributed by atoms with Crippen LogP contribution in [-0.2, 0) is 5.41 Å². The molecule has 0 bridgehead atoms. The van der Waals surface area contributed by atoms with E-state index in [4.69, 9.17) is 0 Å². The second-order valence-corrected chi connectivity index (χ2v) is 15.4. The van der Waals surface area contributed by atoms with Crippen LogP contribution in [0.4, 0.5) is 17.1 Å². The Morgan fingerprint density at radius 1 is 0.436 bits per heavy atom. The molecule has 0 unspecified atom stereocenters. The number of fused-ring (bicyclic) bond motifs is 9. The van der Waals surface area contributed by atoms with Gasteiger partial charge in [-0.2, -0.15) is 0 Å². The van der Waals surface area contributed by atoms with Crippen molar-refractivity contribution in [2.45, 2.75) is 19.3 Å². The van der Waals surface area contributed by atoms with Crippen molar-refractivity contribution in [3.05, 3.63) is 205 Å². The van der Waals surface area contributed by atoms with Gasteiger partial charge in [0.2, 0.25) is 0 Å². The number of aromatic nitrogens is 1. The summed E-state index contributed by atoms with van der Waals surface area (Å²) in [4.78, 5) is 2.48. The van der Waals surface area contributed by atoms with Gasteiger partial charge in [0.25, 0.3) is 0 Å². The van der Waals surface area contributed by atoms with E-state index in [1.807, 2.05) is 0 Å².